The number of benzene rings is 1. The molecule has 2 unspecified atom stereocenters. The van der Waals surface area contributed by atoms with Crippen molar-refractivity contribution in [1.29, 1.82) is 0 Å². The van der Waals surface area contributed by atoms with E-state index in [4.69, 9.17) is 19.9 Å². The van der Waals surface area contributed by atoms with Crippen molar-refractivity contribution in [1.82, 2.24) is 25.2 Å². The number of carbonyl (C=O) groups is 2. The number of rotatable bonds is 12. The van der Waals surface area contributed by atoms with Crippen LogP contribution in [0, 0.1) is 23.7 Å². The van der Waals surface area contributed by atoms with Crippen molar-refractivity contribution in [3.63, 3.8) is 0 Å². The van der Waals surface area contributed by atoms with E-state index < -0.39 is 72.7 Å². The number of carbonyl (C=O) groups excluding carboxylic acids is 2. The summed E-state index contributed by atoms with van der Waals surface area (Å²) in [6.45, 7) is 10.3. The zero-order valence-electron chi connectivity index (χ0n) is 33.9. The molecule has 1 fully saturated rings. The second-order valence-corrected chi connectivity index (χ2v) is 15.7. The van der Waals surface area contributed by atoms with E-state index in [0.29, 0.717) is 50.3 Å². The van der Waals surface area contributed by atoms with Crippen molar-refractivity contribution in [2.45, 2.75) is 116 Å². The van der Waals surface area contributed by atoms with Crippen LogP contribution in [0.25, 0.3) is 11.3 Å². The monoisotopic (exact) mass is 784 g/mol. The molecule has 15 nitrogen and oxygen atoms in total. The highest BCUT2D eigenvalue weighted by Gasteiger charge is 2.47. The molecule has 7 N–H and O–H groups in total. The molecule has 2 aliphatic rings. The van der Waals surface area contributed by atoms with Crippen LogP contribution in [0.1, 0.15) is 60.3 Å². The van der Waals surface area contributed by atoms with E-state index in [0.717, 1.165) is 11.1 Å². The quantitative estimate of drug-likeness (QED) is 0.104. The number of anilines is 1. The predicted octanol–water partition coefficient (Wildman–Crippen LogP) is 2.33. The van der Waals surface area contributed by atoms with Gasteiger partial charge in [0.1, 0.15) is 17.9 Å². The number of cyclic esters (lactones) is 1. The van der Waals surface area contributed by atoms with Crippen LogP contribution in [-0.2, 0) is 30.3 Å². The third-order valence-corrected chi connectivity index (χ3v) is 11.1. The lowest BCUT2D eigenvalue weighted by molar-refractivity contribution is -0.304. The maximum Gasteiger partial charge on any atom is 0.308 e. The zero-order valence-corrected chi connectivity index (χ0v) is 33.9. The summed E-state index contributed by atoms with van der Waals surface area (Å²) < 4.78 is 20.3. The minimum Gasteiger partial charge on any atom is -0.462 e. The number of aliphatic hydroxyl groups is 4. The molecular weight excluding hydrogens is 720 g/mol. The number of allylic oxidation sites excluding steroid dienone is 3. The van der Waals surface area contributed by atoms with E-state index in [9.17, 15) is 30.0 Å². The molecule has 0 spiro atoms. The average Bonchev–Trinajstić information content (AvgIpc) is 3.63. The summed E-state index contributed by atoms with van der Waals surface area (Å²) >= 11 is 0. The number of nitrogen functional groups attached to an aromatic ring is 1. The summed E-state index contributed by atoms with van der Waals surface area (Å²) in [6.07, 6.45) is 1.09. The Morgan fingerprint density at radius 3 is 2.52 bits per heavy atom. The Kier molecular flexibility index (Phi) is 17.2. The van der Waals surface area contributed by atoms with Gasteiger partial charge in [0.25, 0.3) is 0 Å². The smallest absolute Gasteiger partial charge is 0.308 e. The predicted molar refractivity (Wildman–Crippen MR) is 212 cm³/mol. The molecule has 0 radical (unpaired) electrons. The number of ether oxygens (including phenoxy) is 3. The molecule has 15 heteroatoms. The highest BCUT2D eigenvalue weighted by Crippen LogP contribution is 2.34. The molecule has 1 saturated heterocycles. The minimum absolute atomic E-state index is 0.103. The molecule has 0 bridgehead atoms. The number of hydrogen-bond donors (Lipinski definition) is 6. The van der Waals surface area contributed by atoms with Gasteiger partial charge >= 0.3 is 5.97 Å². The van der Waals surface area contributed by atoms with Crippen LogP contribution < -0.4 is 11.1 Å². The van der Waals surface area contributed by atoms with Crippen LogP contribution in [0.2, 0.25) is 0 Å². The van der Waals surface area contributed by atoms with E-state index in [1.807, 2.05) is 51.2 Å². The van der Waals surface area contributed by atoms with Gasteiger partial charge in [-0.2, -0.15) is 0 Å². The molecule has 56 heavy (non-hydrogen) atoms. The second kappa shape index (κ2) is 21.3. The molecule has 0 aliphatic carbocycles. The molecule has 4 rings (SSSR count). The maximum atomic E-state index is 13.6. The molecular formula is C41H64N6O9. The fourth-order valence-electron chi connectivity index (χ4n) is 7.70. The van der Waals surface area contributed by atoms with E-state index in [1.54, 1.807) is 49.7 Å². The Morgan fingerprint density at radius 1 is 1.09 bits per heavy atom. The van der Waals surface area contributed by atoms with Gasteiger partial charge in [0, 0.05) is 35.5 Å². The van der Waals surface area contributed by atoms with Crippen LogP contribution in [0.3, 0.4) is 0 Å². The van der Waals surface area contributed by atoms with Crippen LogP contribution in [0.15, 0.2) is 54.3 Å². The molecule has 12 atom stereocenters. The molecule has 1 aromatic heterocycles. The highest BCUT2D eigenvalue weighted by atomic mass is 16.7. The summed E-state index contributed by atoms with van der Waals surface area (Å²) in [5.41, 5.74) is 8.91. The molecule has 2 aliphatic heterocycles. The van der Waals surface area contributed by atoms with Crippen molar-refractivity contribution in [2.75, 3.05) is 39.5 Å². The van der Waals surface area contributed by atoms with Gasteiger partial charge in [-0.15, -0.1) is 5.10 Å². The van der Waals surface area contributed by atoms with Crippen molar-refractivity contribution in [3.8, 4) is 11.3 Å². The summed E-state index contributed by atoms with van der Waals surface area (Å²) in [5.74, 6) is -2.73. The van der Waals surface area contributed by atoms with Crippen molar-refractivity contribution >= 4 is 17.4 Å². The van der Waals surface area contributed by atoms with Crippen molar-refractivity contribution < 1.29 is 44.2 Å². The molecule has 0 saturated carbocycles. The Labute approximate surface area is 330 Å². The largest absolute Gasteiger partial charge is 0.462 e. The number of likely N-dealkylation sites (N-methyl/N-ethyl adjacent to an activating group) is 1. The van der Waals surface area contributed by atoms with Gasteiger partial charge in [0.2, 0.25) is 0 Å². The lowest BCUT2D eigenvalue weighted by Gasteiger charge is -2.46. The number of aliphatic hydroxyl groups excluding tert-OH is 4. The average molecular weight is 785 g/mol. The Bertz CT molecular complexity index is 1620. The third kappa shape index (κ3) is 12.2. The summed E-state index contributed by atoms with van der Waals surface area (Å²) in [7, 11) is 3.51. The van der Waals surface area contributed by atoms with Gasteiger partial charge in [-0.05, 0) is 77.9 Å². The fourth-order valence-corrected chi connectivity index (χ4v) is 7.70. The number of nitrogens with two attached hydrogens (primary N) is 1. The Morgan fingerprint density at radius 2 is 1.84 bits per heavy atom. The first kappa shape index (κ1) is 45.2. The number of ketones is 1. The van der Waals surface area contributed by atoms with Gasteiger partial charge in [-0.1, -0.05) is 55.8 Å². The number of aromatic nitrogens is 3. The SMILES string of the molecule is CC[C@H]1OC(=O)C[C@@H](O)[C@H](C)[C@@H](O[C@@H]2O[C@H](C)[C@@H](O)C(N(C)C)C2O)[C@@H](CCNCCn2cc(-c3cccc(N)c3)nn2)C[C@@H](C)C(=O)/C=C/C(C)=C/[C@@H]1CO. The lowest BCUT2D eigenvalue weighted by Crippen LogP contribution is -2.63. The van der Waals surface area contributed by atoms with Gasteiger partial charge in [-0.3, -0.25) is 14.3 Å². The van der Waals surface area contributed by atoms with Crippen molar-refractivity contribution in [2.24, 2.45) is 23.7 Å². The van der Waals surface area contributed by atoms with Crippen LogP contribution in [0.5, 0.6) is 0 Å². The van der Waals surface area contributed by atoms with Crippen LogP contribution in [0.4, 0.5) is 5.69 Å². The van der Waals surface area contributed by atoms with Gasteiger partial charge in [0.15, 0.2) is 12.1 Å². The third-order valence-electron chi connectivity index (χ3n) is 11.1. The van der Waals surface area contributed by atoms with Crippen LogP contribution >= 0.6 is 0 Å². The molecule has 3 heterocycles. The summed E-state index contributed by atoms with van der Waals surface area (Å²) in [5, 5.41) is 56.2. The standard InChI is InChI=1S/C41H64N6O9/c1-8-35-30(23-48)18-24(2)12-13-33(49)25(3)19-29(14-15-43-16-17-47-22-32(44-45-47)28-10-9-11-31(42)20-28)40(26(4)34(50)21-36(51)55-35)56-41-39(53)37(46(6)7)38(52)27(5)54-41/h9-13,18,20,22,25-27,29-30,34-35,37-41,43,48,50,52-53H,8,14-17,19,21,23,42H2,1-7H3/b13-12+,24-18+/t25-,26+,27-,29+,30-,34-,35-,37?,38-,39?,40-,41+/m1/s1. The fraction of sp³-hybridized carbons (Fsp3) is 0.659. The second-order valence-electron chi connectivity index (χ2n) is 15.7. The van der Waals surface area contributed by atoms with Gasteiger partial charge in [0.05, 0.1) is 56.2 Å². The normalized spacial score (nSPS) is 34.2. The lowest BCUT2D eigenvalue weighted by atomic mass is 9.79. The molecule has 0 amide bonds. The maximum absolute atomic E-state index is 13.6. The number of hydrogen-bond acceptors (Lipinski definition) is 14. The van der Waals surface area contributed by atoms with Crippen LogP contribution in [-0.4, -0.2) is 135 Å². The highest BCUT2D eigenvalue weighted by molar-refractivity contribution is 5.91. The summed E-state index contributed by atoms with van der Waals surface area (Å²) in [6, 6.07) is 6.74. The topological polar surface area (TPSA) is 215 Å². The van der Waals surface area contributed by atoms with E-state index in [1.165, 1.54) is 6.08 Å². The first-order valence-corrected chi connectivity index (χ1v) is 19.8. The van der Waals surface area contributed by atoms with Crippen molar-refractivity contribution in [3.05, 3.63) is 54.3 Å². The number of nitrogens with one attached hydrogen (secondary N) is 1. The zero-order chi connectivity index (χ0) is 41.1. The molecule has 312 valence electrons. The van der Waals surface area contributed by atoms with Gasteiger partial charge < -0.3 is 50.6 Å². The summed E-state index contributed by atoms with van der Waals surface area (Å²) in [4.78, 5) is 28.6. The molecule has 2 aromatic rings. The number of nitrogens with zero attached hydrogens (tertiary/aromatic N) is 4. The first-order valence-electron chi connectivity index (χ1n) is 19.8. The Hall–Kier alpha value is -3.54. The first-order chi connectivity index (χ1) is 26.6. The molecule has 1 aromatic carbocycles. The van der Waals surface area contributed by atoms with Gasteiger partial charge in [-0.25, -0.2) is 0 Å². The van der Waals surface area contributed by atoms with E-state index >= 15 is 0 Å². The number of esters is 1. The Balaban J connectivity index is 1.61. The minimum atomic E-state index is -1.25. The van der Waals surface area contributed by atoms with E-state index in [2.05, 4.69) is 15.6 Å². The van der Waals surface area contributed by atoms with E-state index in [-0.39, 0.29) is 24.7 Å².